The van der Waals surface area contributed by atoms with Gasteiger partial charge in [0.25, 0.3) is 0 Å². The SMILES string of the molecule is CCCCNC(=O)CC(CC(=O)O)(CC(=O)NCCCC)C(=O)O. The van der Waals surface area contributed by atoms with Gasteiger partial charge in [0.15, 0.2) is 0 Å². The Morgan fingerprint density at radius 2 is 1.21 bits per heavy atom. The van der Waals surface area contributed by atoms with Gasteiger partial charge < -0.3 is 20.8 Å². The second-order valence-electron chi connectivity index (χ2n) is 5.92. The Morgan fingerprint density at radius 1 is 0.792 bits per heavy atom. The molecule has 0 spiro atoms. The van der Waals surface area contributed by atoms with Crippen LogP contribution in [0.3, 0.4) is 0 Å². The maximum absolute atomic E-state index is 12.0. The largest absolute Gasteiger partial charge is 0.481 e. The van der Waals surface area contributed by atoms with Crippen molar-refractivity contribution in [1.29, 1.82) is 0 Å². The molecule has 0 rings (SSSR count). The molecule has 0 saturated carbocycles. The van der Waals surface area contributed by atoms with Gasteiger partial charge in [0.05, 0.1) is 11.8 Å². The van der Waals surface area contributed by atoms with Crippen LogP contribution in [0, 0.1) is 5.41 Å². The molecule has 138 valence electrons. The average molecular weight is 344 g/mol. The van der Waals surface area contributed by atoms with E-state index in [2.05, 4.69) is 10.6 Å². The van der Waals surface area contributed by atoms with Gasteiger partial charge in [-0.05, 0) is 12.8 Å². The molecule has 0 aromatic heterocycles. The van der Waals surface area contributed by atoms with Crippen LogP contribution in [0.4, 0.5) is 0 Å². The van der Waals surface area contributed by atoms with Crippen LogP contribution in [0.2, 0.25) is 0 Å². The first-order chi connectivity index (χ1) is 11.3. The highest BCUT2D eigenvalue weighted by Crippen LogP contribution is 2.32. The van der Waals surface area contributed by atoms with Crippen LogP contribution in [0.5, 0.6) is 0 Å². The standard InChI is InChI=1S/C16H28N2O6/c1-3-5-7-17-12(19)9-16(15(23)24,11-14(21)22)10-13(20)18-8-6-4-2/h3-11H2,1-2H3,(H,17,19)(H,18,20)(H,21,22)(H,23,24). The van der Waals surface area contributed by atoms with Gasteiger partial charge in [-0.1, -0.05) is 26.7 Å². The predicted octanol–water partition coefficient (Wildman–Crippen LogP) is 1.14. The van der Waals surface area contributed by atoms with E-state index in [0.29, 0.717) is 13.1 Å². The molecule has 8 heteroatoms. The lowest BCUT2D eigenvalue weighted by molar-refractivity contribution is -0.159. The van der Waals surface area contributed by atoms with E-state index in [9.17, 15) is 24.3 Å². The normalized spacial score (nSPS) is 10.9. The van der Waals surface area contributed by atoms with Gasteiger partial charge in [-0.15, -0.1) is 0 Å². The van der Waals surface area contributed by atoms with Crippen molar-refractivity contribution in [3.63, 3.8) is 0 Å². The molecule has 24 heavy (non-hydrogen) atoms. The summed E-state index contributed by atoms with van der Waals surface area (Å²) in [6.45, 7) is 4.67. The molecule has 0 radical (unpaired) electrons. The van der Waals surface area contributed by atoms with Crippen LogP contribution in [-0.4, -0.2) is 47.1 Å². The van der Waals surface area contributed by atoms with Gasteiger partial charge in [0.1, 0.15) is 0 Å². The van der Waals surface area contributed by atoms with Crippen LogP contribution < -0.4 is 10.6 Å². The molecule has 0 aliphatic rings. The summed E-state index contributed by atoms with van der Waals surface area (Å²) in [6, 6.07) is 0. The van der Waals surface area contributed by atoms with Crippen molar-refractivity contribution in [1.82, 2.24) is 10.6 Å². The van der Waals surface area contributed by atoms with Gasteiger partial charge in [-0.25, -0.2) is 0 Å². The molecule has 0 aromatic carbocycles. The summed E-state index contributed by atoms with van der Waals surface area (Å²) in [5.74, 6) is -3.94. The minimum atomic E-state index is -1.95. The maximum Gasteiger partial charge on any atom is 0.311 e. The first-order valence-electron chi connectivity index (χ1n) is 8.26. The van der Waals surface area contributed by atoms with Crippen molar-refractivity contribution in [3.8, 4) is 0 Å². The number of carboxylic acids is 2. The third-order valence-corrected chi connectivity index (χ3v) is 3.65. The van der Waals surface area contributed by atoms with Crippen molar-refractivity contribution >= 4 is 23.8 Å². The lowest BCUT2D eigenvalue weighted by atomic mass is 9.77. The number of nitrogens with one attached hydrogen (secondary N) is 2. The van der Waals surface area contributed by atoms with Gasteiger partial charge in [-0.3, -0.25) is 19.2 Å². The molecule has 8 nitrogen and oxygen atoms in total. The van der Waals surface area contributed by atoms with Crippen molar-refractivity contribution in [2.45, 2.75) is 58.8 Å². The summed E-state index contributed by atoms with van der Waals surface area (Å²) in [6.07, 6.45) is 1.33. The Hall–Kier alpha value is -2.12. The Morgan fingerprint density at radius 3 is 1.50 bits per heavy atom. The first kappa shape index (κ1) is 21.9. The number of rotatable bonds is 13. The molecule has 4 N–H and O–H groups in total. The van der Waals surface area contributed by atoms with E-state index in [-0.39, 0.29) is 0 Å². The Kier molecular flexibility index (Phi) is 10.4. The zero-order valence-electron chi connectivity index (χ0n) is 14.4. The minimum Gasteiger partial charge on any atom is -0.481 e. The van der Waals surface area contributed by atoms with Gasteiger partial charge in [0, 0.05) is 25.9 Å². The van der Waals surface area contributed by atoms with E-state index in [0.717, 1.165) is 25.7 Å². The molecule has 0 bridgehead atoms. The predicted molar refractivity (Wildman–Crippen MR) is 87.4 cm³/mol. The molecule has 0 heterocycles. The molecular formula is C16H28N2O6. The average Bonchev–Trinajstić information content (AvgIpc) is 2.46. The Labute approximate surface area is 142 Å². The van der Waals surface area contributed by atoms with Crippen LogP contribution in [0.25, 0.3) is 0 Å². The zero-order chi connectivity index (χ0) is 18.6. The summed E-state index contributed by atoms with van der Waals surface area (Å²) in [7, 11) is 0. The highest BCUT2D eigenvalue weighted by atomic mass is 16.4. The maximum atomic E-state index is 12.0. The lowest BCUT2D eigenvalue weighted by Crippen LogP contribution is -2.43. The smallest absolute Gasteiger partial charge is 0.311 e. The molecule has 0 aromatic rings. The van der Waals surface area contributed by atoms with E-state index in [1.807, 2.05) is 13.8 Å². The molecule has 0 unspecified atom stereocenters. The second-order valence-corrected chi connectivity index (χ2v) is 5.92. The summed E-state index contributed by atoms with van der Waals surface area (Å²) in [5, 5.41) is 23.6. The highest BCUT2D eigenvalue weighted by Gasteiger charge is 2.44. The molecule has 0 aliphatic heterocycles. The number of unbranched alkanes of at least 4 members (excludes halogenated alkanes) is 2. The van der Waals surface area contributed by atoms with Crippen molar-refractivity contribution < 1.29 is 29.4 Å². The monoisotopic (exact) mass is 344 g/mol. The fourth-order valence-electron chi connectivity index (χ4n) is 2.25. The fourth-order valence-corrected chi connectivity index (χ4v) is 2.25. The van der Waals surface area contributed by atoms with Crippen molar-refractivity contribution in [3.05, 3.63) is 0 Å². The fraction of sp³-hybridized carbons (Fsp3) is 0.750. The summed E-state index contributed by atoms with van der Waals surface area (Å²) in [5.41, 5.74) is -1.95. The summed E-state index contributed by atoms with van der Waals surface area (Å²) in [4.78, 5) is 46.7. The third-order valence-electron chi connectivity index (χ3n) is 3.65. The molecule has 0 saturated heterocycles. The first-order valence-corrected chi connectivity index (χ1v) is 8.26. The van der Waals surface area contributed by atoms with Gasteiger partial charge in [-0.2, -0.15) is 0 Å². The molecule has 2 amide bonds. The van der Waals surface area contributed by atoms with Crippen molar-refractivity contribution in [2.75, 3.05) is 13.1 Å². The number of amides is 2. The topological polar surface area (TPSA) is 133 Å². The Balaban J connectivity index is 5.04. The number of carbonyl (C=O) groups is 4. The van der Waals surface area contributed by atoms with Crippen LogP contribution >= 0.6 is 0 Å². The number of hydrogen-bond acceptors (Lipinski definition) is 4. The van der Waals surface area contributed by atoms with Crippen molar-refractivity contribution in [2.24, 2.45) is 5.41 Å². The quantitative estimate of drug-likeness (QED) is 0.370. The van der Waals surface area contributed by atoms with E-state index in [4.69, 9.17) is 5.11 Å². The number of hydrogen-bond donors (Lipinski definition) is 4. The van der Waals surface area contributed by atoms with E-state index >= 15 is 0 Å². The van der Waals surface area contributed by atoms with E-state index < -0.39 is 48.4 Å². The van der Waals surface area contributed by atoms with Gasteiger partial charge >= 0.3 is 11.9 Å². The Bertz CT molecular complexity index is 426. The third kappa shape index (κ3) is 8.50. The molecule has 0 aliphatic carbocycles. The molecular weight excluding hydrogens is 316 g/mol. The lowest BCUT2D eigenvalue weighted by Gasteiger charge is -2.26. The number of carbonyl (C=O) groups excluding carboxylic acids is 2. The second kappa shape index (κ2) is 11.4. The van der Waals surface area contributed by atoms with Crippen LogP contribution in [-0.2, 0) is 19.2 Å². The zero-order valence-corrected chi connectivity index (χ0v) is 14.4. The summed E-state index contributed by atoms with van der Waals surface area (Å²) >= 11 is 0. The highest BCUT2D eigenvalue weighted by molar-refractivity contribution is 5.92. The van der Waals surface area contributed by atoms with E-state index in [1.54, 1.807) is 0 Å². The van der Waals surface area contributed by atoms with E-state index in [1.165, 1.54) is 0 Å². The minimum absolute atomic E-state index is 0.390. The molecule has 0 atom stereocenters. The van der Waals surface area contributed by atoms with Gasteiger partial charge in [0.2, 0.25) is 11.8 Å². The summed E-state index contributed by atoms with van der Waals surface area (Å²) < 4.78 is 0. The number of aliphatic carboxylic acids is 2. The van der Waals surface area contributed by atoms with Crippen LogP contribution in [0.15, 0.2) is 0 Å². The molecule has 0 fully saturated rings. The van der Waals surface area contributed by atoms with Crippen LogP contribution in [0.1, 0.15) is 58.8 Å². The number of carboxylic acid groups (broad SMARTS) is 2.